The number of ether oxygens (including phenoxy) is 1. The van der Waals surface area contributed by atoms with Crippen LogP contribution in [0.5, 0.6) is 0 Å². The summed E-state index contributed by atoms with van der Waals surface area (Å²) in [5, 5.41) is 17.8. The summed E-state index contributed by atoms with van der Waals surface area (Å²) in [4.78, 5) is 40.3. The number of rotatable bonds is 4. The van der Waals surface area contributed by atoms with Crippen molar-refractivity contribution in [2.24, 2.45) is 5.16 Å². The Hall–Kier alpha value is -3.89. The Morgan fingerprint density at radius 2 is 2.17 bits per heavy atom. The van der Waals surface area contributed by atoms with Gasteiger partial charge in [0, 0.05) is 27.5 Å². The number of oxime groups is 1. The second kappa shape index (κ2) is 7.82. The van der Waals surface area contributed by atoms with Gasteiger partial charge >= 0.3 is 5.97 Å². The molecule has 176 valence electrons. The van der Waals surface area contributed by atoms with Gasteiger partial charge < -0.3 is 19.2 Å². The second-order valence-electron chi connectivity index (χ2n) is 8.48. The number of carbonyl (C=O) groups is 1. The fraction of sp³-hybridized carbons (Fsp3) is 0.240. The molecule has 0 saturated heterocycles. The van der Waals surface area contributed by atoms with Crippen molar-refractivity contribution in [2.75, 3.05) is 7.11 Å². The predicted octanol–water partition coefficient (Wildman–Crippen LogP) is 3.18. The van der Waals surface area contributed by atoms with Crippen LogP contribution in [0.2, 0.25) is 0 Å². The quantitative estimate of drug-likeness (QED) is 0.235. The lowest BCUT2D eigenvalue weighted by Crippen LogP contribution is -2.44. The van der Waals surface area contributed by atoms with Gasteiger partial charge in [-0.15, -0.1) is 11.3 Å². The number of thiazole rings is 1. The van der Waals surface area contributed by atoms with E-state index in [4.69, 9.17) is 14.6 Å². The Balaban J connectivity index is 1.65. The summed E-state index contributed by atoms with van der Waals surface area (Å²) in [6.07, 6.45) is 1.71. The van der Waals surface area contributed by atoms with Crippen molar-refractivity contribution >= 4 is 34.4 Å². The van der Waals surface area contributed by atoms with E-state index < -0.39 is 11.6 Å². The predicted molar refractivity (Wildman–Crippen MR) is 130 cm³/mol. The van der Waals surface area contributed by atoms with Crippen LogP contribution in [0.25, 0.3) is 33.5 Å². The fourth-order valence-electron chi connectivity index (χ4n) is 4.92. The van der Waals surface area contributed by atoms with E-state index in [1.165, 1.54) is 18.4 Å². The van der Waals surface area contributed by atoms with Crippen molar-refractivity contribution in [2.45, 2.75) is 32.1 Å². The van der Waals surface area contributed by atoms with E-state index in [-0.39, 0.29) is 18.6 Å². The molecule has 6 rings (SSSR count). The molecule has 9 nitrogen and oxygen atoms in total. The van der Waals surface area contributed by atoms with E-state index in [0.29, 0.717) is 29.1 Å². The molecule has 0 unspecified atom stereocenters. The third kappa shape index (κ3) is 3.06. The fourth-order valence-corrected chi connectivity index (χ4v) is 5.46. The summed E-state index contributed by atoms with van der Waals surface area (Å²) >= 11 is 1.48. The van der Waals surface area contributed by atoms with E-state index in [2.05, 4.69) is 10.1 Å². The van der Waals surface area contributed by atoms with E-state index in [1.54, 1.807) is 29.3 Å². The van der Waals surface area contributed by atoms with Crippen molar-refractivity contribution in [1.82, 2.24) is 14.5 Å². The van der Waals surface area contributed by atoms with Gasteiger partial charge in [0.2, 0.25) is 0 Å². The summed E-state index contributed by atoms with van der Waals surface area (Å²) in [6, 6.07) is 7.46. The molecule has 4 aromatic rings. The van der Waals surface area contributed by atoms with Crippen LogP contribution in [-0.4, -0.2) is 38.9 Å². The highest BCUT2D eigenvalue weighted by Gasteiger charge is 2.45. The number of nitrogens with zero attached hydrogens (tertiary/aromatic N) is 4. The number of hydrogen-bond acceptors (Lipinski definition) is 9. The van der Waals surface area contributed by atoms with E-state index in [0.717, 1.165) is 33.3 Å². The molecule has 1 aromatic carbocycles. The zero-order valence-electron chi connectivity index (χ0n) is 18.9. The van der Waals surface area contributed by atoms with Crippen molar-refractivity contribution in [3.63, 3.8) is 0 Å². The van der Waals surface area contributed by atoms with Gasteiger partial charge in [-0.25, -0.2) is 14.8 Å². The van der Waals surface area contributed by atoms with Crippen LogP contribution in [0.3, 0.4) is 0 Å². The third-order valence-corrected chi connectivity index (χ3v) is 7.29. The molecular weight excluding hydrogens is 468 g/mol. The number of carbonyl (C=O) groups excluding carboxylic acids is 1. The molecule has 0 bridgehead atoms. The van der Waals surface area contributed by atoms with E-state index in [1.807, 2.05) is 23.6 Å². The number of aliphatic hydroxyl groups is 1. The average Bonchev–Trinajstić information content (AvgIpc) is 3.52. The molecule has 35 heavy (non-hydrogen) atoms. The van der Waals surface area contributed by atoms with Crippen molar-refractivity contribution in [3.05, 3.63) is 67.8 Å². The molecule has 0 radical (unpaired) electrons. The monoisotopic (exact) mass is 488 g/mol. The summed E-state index contributed by atoms with van der Waals surface area (Å²) in [5.41, 5.74) is 5.49. The molecule has 10 heteroatoms. The zero-order chi connectivity index (χ0) is 24.3. The number of esters is 1. The van der Waals surface area contributed by atoms with Gasteiger partial charge in [0.1, 0.15) is 13.7 Å². The Kier molecular flexibility index (Phi) is 4.83. The van der Waals surface area contributed by atoms with Crippen molar-refractivity contribution in [1.29, 1.82) is 0 Å². The highest BCUT2D eigenvalue weighted by Crippen LogP contribution is 2.43. The molecule has 3 aromatic heterocycles. The van der Waals surface area contributed by atoms with E-state index in [9.17, 15) is 14.7 Å². The minimum Gasteiger partial charge on any atom is -0.458 e. The molecule has 0 saturated carbocycles. The van der Waals surface area contributed by atoms with Gasteiger partial charge in [0.25, 0.3) is 5.56 Å². The number of pyridine rings is 2. The van der Waals surface area contributed by atoms with Gasteiger partial charge in [-0.2, -0.15) is 0 Å². The molecule has 0 spiro atoms. The largest absolute Gasteiger partial charge is 0.458 e. The maximum Gasteiger partial charge on any atom is 0.343 e. The number of benzene rings is 1. The lowest BCUT2D eigenvalue weighted by Gasteiger charge is -2.31. The van der Waals surface area contributed by atoms with Crippen LogP contribution >= 0.6 is 11.3 Å². The molecule has 0 aliphatic carbocycles. The normalized spacial score (nSPS) is 18.4. The van der Waals surface area contributed by atoms with Crippen LogP contribution in [0.4, 0.5) is 0 Å². The van der Waals surface area contributed by atoms with Gasteiger partial charge in [-0.05, 0) is 30.2 Å². The smallest absolute Gasteiger partial charge is 0.343 e. The Morgan fingerprint density at radius 1 is 1.31 bits per heavy atom. The summed E-state index contributed by atoms with van der Waals surface area (Å²) in [5.74, 6) is -0.741. The molecule has 0 fully saturated rings. The molecule has 5 heterocycles. The zero-order valence-corrected chi connectivity index (χ0v) is 19.8. The SMILES string of the molecule is CC[C@@]1(O)C(=O)OCc2c1cc1n(c2=O)Cc2c-1nc1ccc(C=NOC)cc1c2-c1cscn1. The first-order valence-electron chi connectivity index (χ1n) is 11.0. The summed E-state index contributed by atoms with van der Waals surface area (Å²) in [7, 11) is 1.49. The van der Waals surface area contributed by atoms with E-state index >= 15 is 0 Å². The van der Waals surface area contributed by atoms with Crippen LogP contribution in [0.15, 0.2) is 45.1 Å². The molecule has 2 aliphatic rings. The van der Waals surface area contributed by atoms with Crippen LogP contribution < -0.4 is 5.56 Å². The maximum atomic E-state index is 13.5. The first-order chi connectivity index (χ1) is 17.0. The first-order valence-corrected chi connectivity index (χ1v) is 12.0. The van der Waals surface area contributed by atoms with Crippen LogP contribution in [0, 0.1) is 0 Å². The first kappa shape index (κ1) is 21.6. The average molecular weight is 489 g/mol. The Labute approximate surface area is 203 Å². The molecule has 1 atom stereocenters. The molecule has 1 N–H and O–H groups in total. The number of hydrogen-bond donors (Lipinski definition) is 1. The lowest BCUT2D eigenvalue weighted by atomic mass is 9.86. The summed E-state index contributed by atoms with van der Waals surface area (Å²) < 4.78 is 6.80. The maximum absolute atomic E-state index is 13.5. The number of aromatic nitrogens is 3. The Bertz CT molecular complexity index is 1610. The van der Waals surface area contributed by atoms with Crippen LogP contribution in [-0.2, 0) is 33.1 Å². The standard InChI is InChI=1S/C25H20N4O5S/c1-3-25(32)17-7-20-22-15(9-29(20)23(30)16(17)10-34-24(25)31)21(19-11-35-12-26-19)14-6-13(8-27-33-2)4-5-18(14)28-22/h4-8,11-12,32H,3,9-10H2,1-2H3/t25-/m0/s1. The minimum absolute atomic E-state index is 0.0929. The van der Waals surface area contributed by atoms with Crippen molar-refractivity contribution in [3.8, 4) is 22.6 Å². The molecule has 2 aliphatic heterocycles. The topological polar surface area (TPSA) is 116 Å². The molecular formula is C25H20N4O5S. The van der Waals surface area contributed by atoms with Gasteiger partial charge in [-0.3, -0.25) is 4.79 Å². The minimum atomic E-state index is -1.87. The highest BCUT2D eigenvalue weighted by molar-refractivity contribution is 7.07. The second-order valence-corrected chi connectivity index (χ2v) is 9.20. The van der Waals surface area contributed by atoms with Gasteiger partial charge in [-0.1, -0.05) is 18.1 Å². The van der Waals surface area contributed by atoms with Crippen LogP contribution in [0.1, 0.15) is 35.6 Å². The summed E-state index contributed by atoms with van der Waals surface area (Å²) in [6.45, 7) is 1.82. The third-order valence-electron chi connectivity index (χ3n) is 6.71. The molecule has 0 amide bonds. The number of cyclic esters (lactones) is 1. The Morgan fingerprint density at radius 3 is 2.91 bits per heavy atom. The van der Waals surface area contributed by atoms with Gasteiger partial charge in [0.15, 0.2) is 5.60 Å². The van der Waals surface area contributed by atoms with Crippen molar-refractivity contribution < 1.29 is 19.5 Å². The van der Waals surface area contributed by atoms with Gasteiger partial charge in [0.05, 0.1) is 46.4 Å². The lowest BCUT2D eigenvalue weighted by molar-refractivity contribution is -0.172. The highest BCUT2D eigenvalue weighted by atomic mass is 32.1. The number of fused-ring (bicyclic) bond motifs is 5.